The predicted molar refractivity (Wildman–Crippen MR) is 76.7 cm³/mol. The summed E-state index contributed by atoms with van der Waals surface area (Å²) in [5.74, 6) is 1.32. The highest BCUT2D eigenvalue weighted by Gasteiger charge is 2.10. The third-order valence-electron chi connectivity index (χ3n) is 2.86. The first-order valence-electron chi connectivity index (χ1n) is 6.61. The van der Waals surface area contributed by atoms with Crippen molar-refractivity contribution in [1.82, 2.24) is 10.1 Å². The molecule has 3 N–H and O–H groups in total. The van der Waals surface area contributed by atoms with Crippen LogP contribution in [0.1, 0.15) is 18.6 Å². The molecular formula is C14H18N4O3. The molecule has 1 aromatic carbocycles. The maximum Gasteiger partial charge on any atom is 0.228 e. The van der Waals surface area contributed by atoms with Crippen LogP contribution in [0.2, 0.25) is 0 Å². The zero-order chi connectivity index (χ0) is 15.2. The summed E-state index contributed by atoms with van der Waals surface area (Å²) in [5.41, 5.74) is 6.14. The number of nitrogens with one attached hydrogen (secondary N) is 1. The molecule has 112 valence electrons. The number of benzene rings is 1. The molecule has 1 aromatic heterocycles. The van der Waals surface area contributed by atoms with Crippen molar-refractivity contribution in [2.45, 2.75) is 20.5 Å². The highest BCUT2D eigenvalue weighted by atomic mass is 16.5. The lowest BCUT2D eigenvalue weighted by molar-refractivity contribution is -0.119. The number of nitrogens with zero attached hydrogens (tertiary/aromatic N) is 2. The summed E-state index contributed by atoms with van der Waals surface area (Å²) < 4.78 is 10.4. The van der Waals surface area contributed by atoms with Gasteiger partial charge in [0, 0.05) is 25.1 Å². The van der Waals surface area contributed by atoms with Gasteiger partial charge in [0.25, 0.3) is 0 Å². The standard InChI is InChI=1S/C14H18N4O3/c1-9(7-15)14(19)17-11-3-5-12(6-4-11)20-8-13-16-10(2)21-18-13/h3-6,9H,7-8,15H2,1-2H3,(H,17,19). The van der Waals surface area contributed by atoms with Gasteiger partial charge < -0.3 is 20.3 Å². The van der Waals surface area contributed by atoms with Gasteiger partial charge in [0.2, 0.25) is 17.6 Å². The first-order chi connectivity index (χ1) is 10.1. The zero-order valence-corrected chi connectivity index (χ0v) is 12.0. The van der Waals surface area contributed by atoms with Gasteiger partial charge in [-0.15, -0.1) is 0 Å². The van der Waals surface area contributed by atoms with E-state index in [-0.39, 0.29) is 18.4 Å². The van der Waals surface area contributed by atoms with Crippen LogP contribution in [-0.4, -0.2) is 22.6 Å². The first-order valence-corrected chi connectivity index (χ1v) is 6.61. The summed E-state index contributed by atoms with van der Waals surface area (Å²) in [5, 5.41) is 6.52. The van der Waals surface area contributed by atoms with Gasteiger partial charge in [-0.05, 0) is 24.3 Å². The molecular weight excluding hydrogens is 272 g/mol. The molecule has 1 atom stereocenters. The van der Waals surface area contributed by atoms with Crippen LogP contribution in [0.25, 0.3) is 0 Å². The summed E-state index contributed by atoms with van der Waals surface area (Å²) in [6.07, 6.45) is 0. The Bertz CT molecular complexity index is 595. The lowest BCUT2D eigenvalue weighted by atomic mass is 10.1. The molecule has 2 rings (SSSR count). The molecule has 21 heavy (non-hydrogen) atoms. The van der Waals surface area contributed by atoms with E-state index in [0.29, 0.717) is 29.7 Å². The largest absolute Gasteiger partial charge is 0.485 e. The van der Waals surface area contributed by atoms with Gasteiger partial charge in [0.05, 0.1) is 0 Å². The van der Waals surface area contributed by atoms with Gasteiger partial charge in [-0.1, -0.05) is 12.1 Å². The maximum atomic E-state index is 11.7. The molecule has 0 fully saturated rings. The van der Waals surface area contributed by atoms with E-state index in [9.17, 15) is 4.79 Å². The van der Waals surface area contributed by atoms with Crippen molar-refractivity contribution in [3.8, 4) is 5.75 Å². The van der Waals surface area contributed by atoms with Gasteiger partial charge in [0.1, 0.15) is 5.75 Å². The van der Waals surface area contributed by atoms with Gasteiger partial charge in [0.15, 0.2) is 6.61 Å². The van der Waals surface area contributed by atoms with Crippen molar-refractivity contribution >= 4 is 11.6 Å². The average molecular weight is 290 g/mol. The molecule has 1 amide bonds. The van der Waals surface area contributed by atoms with Crippen LogP contribution in [0.3, 0.4) is 0 Å². The molecule has 7 nitrogen and oxygen atoms in total. The molecule has 0 radical (unpaired) electrons. The van der Waals surface area contributed by atoms with E-state index in [1.165, 1.54) is 0 Å². The molecule has 0 aliphatic rings. The number of nitrogens with two attached hydrogens (primary N) is 1. The van der Waals surface area contributed by atoms with Gasteiger partial charge in [-0.25, -0.2) is 0 Å². The second-order valence-electron chi connectivity index (χ2n) is 4.67. The number of carbonyl (C=O) groups is 1. The van der Waals surface area contributed by atoms with E-state index in [2.05, 4.69) is 15.5 Å². The Hall–Kier alpha value is -2.41. The average Bonchev–Trinajstić information content (AvgIpc) is 2.91. The molecule has 0 bridgehead atoms. The van der Waals surface area contributed by atoms with E-state index in [1.54, 1.807) is 38.1 Å². The number of aryl methyl sites for hydroxylation is 1. The highest BCUT2D eigenvalue weighted by Crippen LogP contribution is 2.17. The smallest absolute Gasteiger partial charge is 0.228 e. The summed E-state index contributed by atoms with van der Waals surface area (Å²) in [6.45, 7) is 4.04. The minimum Gasteiger partial charge on any atom is -0.485 e. The SMILES string of the molecule is Cc1nc(COc2ccc(NC(=O)C(C)CN)cc2)no1. The molecule has 0 spiro atoms. The van der Waals surface area contributed by atoms with E-state index >= 15 is 0 Å². The van der Waals surface area contributed by atoms with E-state index in [0.717, 1.165) is 0 Å². The topological polar surface area (TPSA) is 103 Å². The second-order valence-corrected chi connectivity index (χ2v) is 4.67. The Kier molecular flexibility index (Phi) is 4.89. The fourth-order valence-electron chi connectivity index (χ4n) is 1.55. The quantitative estimate of drug-likeness (QED) is 0.835. The molecule has 7 heteroatoms. The molecule has 1 heterocycles. The summed E-state index contributed by atoms with van der Waals surface area (Å²) in [7, 11) is 0. The van der Waals surface area contributed by atoms with Crippen LogP contribution >= 0.6 is 0 Å². The van der Waals surface area contributed by atoms with E-state index in [1.807, 2.05) is 0 Å². The Morgan fingerprint density at radius 3 is 2.71 bits per heavy atom. The molecule has 0 saturated heterocycles. The summed E-state index contributed by atoms with van der Waals surface area (Å²) in [4.78, 5) is 15.7. The Balaban J connectivity index is 1.88. The molecule has 1 unspecified atom stereocenters. The fourth-order valence-corrected chi connectivity index (χ4v) is 1.55. The van der Waals surface area contributed by atoms with Crippen LogP contribution in [0.15, 0.2) is 28.8 Å². The Labute approximate surface area is 122 Å². The van der Waals surface area contributed by atoms with E-state index < -0.39 is 0 Å². The predicted octanol–water partition coefficient (Wildman–Crippen LogP) is 1.49. The van der Waals surface area contributed by atoms with Crippen molar-refractivity contribution in [2.24, 2.45) is 11.7 Å². The van der Waals surface area contributed by atoms with Gasteiger partial charge >= 0.3 is 0 Å². The van der Waals surface area contributed by atoms with Crippen LogP contribution < -0.4 is 15.8 Å². The minimum atomic E-state index is -0.220. The summed E-state index contributed by atoms with van der Waals surface area (Å²) in [6, 6.07) is 7.04. The third-order valence-corrected chi connectivity index (χ3v) is 2.86. The minimum absolute atomic E-state index is 0.103. The first kappa shape index (κ1) is 15.0. The van der Waals surface area contributed by atoms with Gasteiger partial charge in [-0.3, -0.25) is 4.79 Å². The second kappa shape index (κ2) is 6.85. The number of carbonyl (C=O) groups excluding carboxylic acids is 1. The number of rotatable bonds is 6. The number of hydrogen-bond acceptors (Lipinski definition) is 6. The van der Waals surface area contributed by atoms with Gasteiger partial charge in [-0.2, -0.15) is 4.98 Å². The molecule has 0 saturated carbocycles. The fraction of sp³-hybridized carbons (Fsp3) is 0.357. The number of ether oxygens (including phenoxy) is 1. The molecule has 0 aliphatic carbocycles. The summed E-state index contributed by atoms with van der Waals surface area (Å²) >= 11 is 0. The lowest BCUT2D eigenvalue weighted by Gasteiger charge is -2.10. The van der Waals surface area contributed by atoms with Crippen LogP contribution in [0, 0.1) is 12.8 Å². The van der Waals surface area contributed by atoms with Crippen LogP contribution in [-0.2, 0) is 11.4 Å². The zero-order valence-electron chi connectivity index (χ0n) is 12.0. The lowest BCUT2D eigenvalue weighted by Crippen LogP contribution is -2.26. The molecule has 0 aliphatic heterocycles. The van der Waals surface area contributed by atoms with Crippen molar-refractivity contribution < 1.29 is 14.1 Å². The van der Waals surface area contributed by atoms with Crippen molar-refractivity contribution in [3.63, 3.8) is 0 Å². The number of aromatic nitrogens is 2. The number of hydrogen-bond donors (Lipinski definition) is 2. The number of amides is 1. The van der Waals surface area contributed by atoms with E-state index in [4.69, 9.17) is 15.0 Å². The highest BCUT2D eigenvalue weighted by molar-refractivity contribution is 5.92. The Morgan fingerprint density at radius 2 is 2.14 bits per heavy atom. The number of anilines is 1. The monoisotopic (exact) mass is 290 g/mol. The van der Waals surface area contributed by atoms with Crippen molar-refractivity contribution in [2.75, 3.05) is 11.9 Å². The van der Waals surface area contributed by atoms with Crippen molar-refractivity contribution in [1.29, 1.82) is 0 Å². The molecule has 2 aromatic rings. The van der Waals surface area contributed by atoms with Crippen LogP contribution in [0.5, 0.6) is 5.75 Å². The normalized spacial score (nSPS) is 12.0. The van der Waals surface area contributed by atoms with Crippen LogP contribution in [0.4, 0.5) is 5.69 Å². The van der Waals surface area contributed by atoms with Crippen molar-refractivity contribution in [3.05, 3.63) is 36.0 Å². The maximum absolute atomic E-state index is 11.7. The Morgan fingerprint density at radius 1 is 1.43 bits per heavy atom. The third kappa shape index (κ3) is 4.28.